The van der Waals surface area contributed by atoms with Crippen molar-refractivity contribution in [3.05, 3.63) is 89.7 Å². The summed E-state index contributed by atoms with van der Waals surface area (Å²) in [5, 5.41) is 4.37. The molecule has 0 spiro atoms. The van der Waals surface area contributed by atoms with Crippen LogP contribution in [0.1, 0.15) is 44.4 Å². The molecule has 0 bridgehead atoms. The lowest BCUT2D eigenvalue weighted by atomic mass is 9.95. The summed E-state index contributed by atoms with van der Waals surface area (Å²) in [6.45, 7) is 13.9. The fourth-order valence-corrected chi connectivity index (χ4v) is 3.26. The van der Waals surface area contributed by atoms with Crippen molar-refractivity contribution in [1.29, 1.82) is 0 Å². The van der Waals surface area contributed by atoms with Gasteiger partial charge in [0, 0.05) is 5.57 Å². The van der Waals surface area contributed by atoms with Crippen LogP contribution in [0.2, 0.25) is 0 Å². The van der Waals surface area contributed by atoms with Gasteiger partial charge in [0.15, 0.2) is 0 Å². The zero-order valence-electron chi connectivity index (χ0n) is 17.8. The molecule has 0 saturated carbocycles. The van der Waals surface area contributed by atoms with E-state index in [0.29, 0.717) is 0 Å². The van der Waals surface area contributed by atoms with Crippen molar-refractivity contribution < 1.29 is 9.02 Å². The number of aryl methyl sites for hydroxylation is 1. The van der Waals surface area contributed by atoms with Crippen LogP contribution in [-0.4, -0.2) is 11.8 Å². The van der Waals surface area contributed by atoms with Crippen LogP contribution in [-0.2, 0) is 9.02 Å². The van der Waals surface area contributed by atoms with E-state index in [-0.39, 0.29) is 6.10 Å². The summed E-state index contributed by atoms with van der Waals surface area (Å²) in [6, 6.07) is 16.2. The normalized spacial score (nSPS) is 17.1. The molecular formula is C25H29NO2S. The molecule has 3 nitrogen and oxygen atoms in total. The Hall–Kier alpha value is -2.72. The van der Waals surface area contributed by atoms with Crippen molar-refractivity contribution in [1.82, 2.24) is 0 Å². The molecule has 152 valence electrons. The van der Waals surface area contributed by atoms with Crippen molar-refractivity contribution >= 4 is 29.4 Å². The van der Waals surface area contributed by atoms with Gasteiger partial charge in [-0.15, -0.1) is 0 Å². The SMILES string of the molecule is C/C=C\C.C=Cc1ccccc1C1=C(C)OC(C)/C1=N\OSc1ccc(C)cc1. The lowest BCUT2D eigenvalue weighted by Crippen LogP contribution is -2.14. The van der Waals surface area contributed by atoms with Gasteiger partial charge in [0.1, 0.15) is 29.6 Å². The zero-order chi connectivity index (χ0) is 21.2. The summed E-state index contributed by atoms with van der Waals surface area (Å²) < 4.78 is 11.4. The third kappa shape index (κ3) is 6.13. The van der Waals surface area contributed by atoms with Gasteiger partial charge >= 0.3 is 0 Å². The minimum absolute atomic E-state index is 0.147. The number of ether oxygens (including phenoxy) is 1. The third-order valence-electron chi connectivity index (χ3n) is 4.42. The summed E-state index contributed by atoms with van der Waals surface area (Å²) in [6.07, 6.45) is 5.70. The minimum Gasteiger partial charge on any atom is -0.488 e. The number of benzene rings is 2. The van der Waals surface area contributed by atoms with Gasteiger partial charge in [-0.05, 0) is 57.9 Å². The lowest BCUT2D eigenvalue weighted by Gasteiger charge is -2.09. The molecule has 4 heteroatoms. The number of hydrogen-bond donors (Lipinski definition) is 0. The van der Waals surface area contributed by atoms with Gasteiger partial charge in [0.05, 0.1) is 4.90 Å². The Bertz CT molecular complexity index is 907. The number of nitrogens with zero attached hydrogens (tertiary/aromatic N) is 1. The Labute approximate surface area is 179 Å². The average Bonchev–Trinajstić information content (AvgIpc) is 3.02. The number of oxime groups is 1. The van der Waals surface area contributed by atoms with Gasteiger partial charge in [-0.3, -0.25) is 0 Å². The first-order valence-electron chi connectivity index (χ1n) is 9.67. The molecule has 0 aromatic heterocycles. The van der Waals surface area contributed by atoms with E-state index in [2.05, 4.69) is 36.9 Å². The first kappa shape index (κ1) is 22.6. The lowest BCUT2D eigenvalue weighted by molar-refractivity contribution is 0.198. The fraction of sp³-hybridized carbons (Fsp3) is 0.240. The van der Waals surface area contributed by atoms with Crippen molar-refractivity contribution in [2.24, 2.45) is 5.16 Å². The first-order chi connectivity index (χ1) is 14.0. The summed E-state index contributed by atoms with van der Waals surface area (Å²) in [4.78, 5) is 1.01. The quantitative estimate of drug-likeness (QED) is 0.293. The van der Waals surface area contributed by atoms with E-state index in [0.717, 1.165) is 33.1 Å². The van der Waals surface area contributed by atoms with Crippen LogP contribution < -0.4 is 0 Å². The van der Waals surface area contributed by atoms with Crippen LogP contribution in [0.15, 0.2) is 83.1 Å². The molecule has 1 aliphatic rings. The predicted octanol–water partition coefficient (Wildman–Crippen LogP) is 7.45. The highest BCUT2D eigenvalue weighted by Gasteiger charge is 2.30. The second-order valence-corrected chi connectivity index (χ2v) is 7.38. The smallest absolute Gasteiger partial charge is 0.141 e. The number of rotatable bonds is 5. The van der Waals surface area contributed by atoms with E-state index in [1.807, 2.05) is 76.3 Å². The van der Waals surface area contributed by atoms with Crippen LogP contribution in [0.3, 0.4) is 0 Å². The molecule has 1 unspecified atom stereocenters. The Balaban J connectivity index is 0.000000687. The van der Waals surface area contributed by atoms with Crippen LogP contribution in [0.5, 0.6) is 0 Å². The molecule has 1 heterocycles. The fourth-order valence-electron chi connectivity index (χ4n) is 2.81. The molecule has 0 radical (unpaired) electrons. The monoisotopic (exact) mass is 407 g/mol. The average molecular weight is 408 g/mol. The number of allylic oxidation sites excluding steroid dienone is 3. The van der Waals surface area contributed by atoms with E-state index in [1.54, 1.807) is 0 Å². The molecule has 0 fully saturated rings. The van der Waals surface area contributed by atoms with Crippen molar-refractivity contribution in [3.8, 4) is 0 Å². The van der Waals surface area contributed by atoms with Crippen LogP contribution >= 0.6 is 12.0 Å². The second-order valence-electron chi connectivity index (χ2n) is 6.60. The van der Waals surface area contributed by atoms with Gasteiger partial charge < -0.3 is 9.02 Å². The van der Waals surface area contributed by atoms with Crippen LogP contribution in [0.4, 0.5) is 0 Å². The number of hydrogen-bond acceptors (Lipinski definition) is 4. The molecule has 0 saturated heterocycles. The Morgan fingerprint density at radius 3 is 2.31 bits per heavy atom. The summed E-state index contributed by atoms with van der Waals surface area (Å²) in [7, 11) is 0. The summed E-state index contributed by atoms with van der Waals surface area (Å²) in [5.74, 6) is 0.851. The first-order valence-corrected chi connectivity index (χ1v) is 10.4. The van der Waals surface area contributed by atoms with Gasteiger partial charge in [0.25, 0.3) is 0 Å². The summed E-state index contributed by atoms with van der Waals surface area (Å²) in [5.41, 5.74) is 5.10. The largest absolute Gasteiger partial charge is 0.488 e. The van der Waals surface area contributed by atoms with Crippen LogP contribution in [0.25, 0.3) is 11.6 Å². The van der Waals surface area contributed by atoms with Crippen molar-refractivity contribution in [2.75, 3.05) is 0 Å². The molecule has 1 aliphatic heterocycles. The van der Waals surface area contributed by atoms with Gasteiger partial charge in [0.2, 0.25) is 0 Å². The predicted molar refractivity (Wildman–Crippen MR) is 126 cm³/mol. The molecule has 0 amide bonds. The molecule has 29 heavy (non-hydrogen) atoms. The van der Waals surface area contributed by atoms with Gasteiger partial charge in [-0.1, -0.05) is 71.9 Å². The standard InChI is InChI=1S/C21H21NO2S.C4H8/c1-5-17-8-6-7-9-19(17)20-15(3)23-16(4)21(20)22-24-25-18-12-10-14(2)11-13-18;1-3-4-2/h5-13,16H,1H2,2-4H3;3-4H,1-2H3/b22-21+;4-3-. The van der Waals surface area contributed by atoms with E-state index in [9.17, 15) is 0 Å². The zero-order valence-corrected chi connectivity index (χ0v) is 18.6. The van der Waals surface area contributed by atoms with E-state index in [4.69, 9.17) is 9.02 Å². The molecule has 0 N–H and O–H groups in total. The molecule has 2 aromatic rings. The van der Waals surface area contributed by atoms with E-state index in [1.165, 1.54) is 17.6 Å². The molecule has 3 rings (SSSR count). The molecule has 0 aliphatic carbocycles. The summed E-state index contributed by atoms with van der Waals surface area (Å²) >= 11 is 1.24. The van der Waals surface area contributed by atoms with Crippen LogP contribution in [0, 0.1) is 6.92 Å². The maximum atomic E-state index is 5.88. The van der Waals surface area contributed by atoms with E-state index < -0.39 is 0 Å². The highest BCUT2D eigenvalue weighted by molar-refractivity contribution is 7.94. The maximum absolute atomic E-state index is 5.88. The Kier molecular flexibility index (Phi) is 8.81. The van der Waals surface area contributed by atoms with Crippen molar-refractivity contribution in [3.63, 3.8) is 0 Å². The van der Waals surface area contributed by atoms with Crippen molar-refractivity contribution in [2.45, 2.75) is 45.6 Å². The topological polar surface area (TPSA) is 30.8 Å². The minimum atomic E-state index is -0.147. The highest BCUT2D eigenvalue weighted by Crippen LogP contribution is 2.34. The highest BCUT2D eigenvalue weighted by atomic mass is 32.2. The molecular weight excluding hydrogens is 378 g/mol. The molecule has 1 atom stereocenters. The Morgan fingerprint density at radius 2 is 1.69 bits per heavy atom. The Morgan fingerprint density at radius 1 is 1.03 bits per heavy atom. The van der Waals surface area contributed by atoms with Gasteiger partial charge in [-0.2, -0.15) is 0 Å². The second kappa shape index (κ2) is 11.3. The molecule has 2 aromatic carbocycles. The third-order valence-corrected chi connectivity index (χ3v) is 5.03. The van der Waals surface area contributed by atoms with Gasteiger partial charge in [-0.25, -0.2) is 0 Å². The maximum Gasteiger partial charge on any atom is 0.141 e. The van der Waals surface area contributed by atoms with E-state index >= 15 is 0 Å².